The molecule has 2 heterocycles. The number of hydrogen-bond donors (Lipinski definition) is 1. The van der Waals surface area contributed by atoms with Gasteiger partial charge in [0.05, 0.1) is 23.7 Å². The van der Waals surface area contributed by atoms with E-state index in [4.69, 9.17) is 4.52 Å². The second-order valence-corrected chi connectivity index (χ2v) is 5.97. The number of fused-ring (bicyclic) bond motifs is 1. The van der Waals surface area contributed by atoms with Crippen molar-refractivity contribution in [2.45, 2.75) is 40.3 Å². The molecule has 0 saturated heterocycles. The Morgan fingerprint density at radius 1 is 1.17 bits per heavy atom. The monoisotopic (exact) mass is 313 g/mol. The third kappa shape index (κ3) is 2.77. The van der Waals surface area contributed by atoms with E-state index < -0.39 is 6.10 Å². The fourth-order valence-corrected chi connectivity index (χ4v) is 2.94. The lowest BCUT2D eigenvalue weighted by Gasteiger charge is -2.14. The van der Waals surface area contributed by atoms with Crippen LogP contribution in [-0.4, -0.2) is 20.0 Å². The molecule has 1 atom stereocenters. The number of aliphatic hydroxyl groups excluding tert-OH is 1. The minimum atomic E-state index is -0.816. The first-order chi connectivity index (χ1) is 10.9. The minimum Gasteiger partial charge on any atom is -0.386 e. The van der Waals surface area contributed by atoms with Crippen molar-refractivity contribution < 1.29 is 9.63 Å². The first kappa shape index (κ1) is 15.4. The molecule has 3 rings (SSSR count). The van der Waals surface area contributed by atoms with E-state index in [1.54, 1.807) is 13.8 Å². The van der Waals surface area contributed by atoms with E-state index in [9.17, 15) is 9.90 Å². The van der Waals surface area contributed by atoms with Crippen molar-refractivity contribution in [1.82, 2.24) is 14.9 Å². The van der Waals surface area contributed by atoms with Crippen LogP contribution in [0.1, 0.15) is 34.2 Å². The first-order valence-electron chi connectivity index (χ1n) is 7.47. The van der Waals surface area contributed by atoms with Gasteiger partial charge in [0.1, 0.15) is 5.76 Å². The van der Waals surface area contributed by atoms with Crippen molar-refractivity contribution >= 4 is 10.9 Å². The Balaban J connectivity index is 2.01. The quantitative estimate of drug-likeness (QED) is 0.802. The average Bonchev–Trinajstić information content (AvgIpc) is 2.86. The lowest BCUT2D eigenvalue weighted by atomic mass is 10.0. The van der Waals surface area contributed by atoms with Gasteiger partial charge in [0.15, 0.2) is 5.52 Å². The number of hydrogen-bond acceptors (Lipinski definition) is 5. The summed E-state index contributed by atoms with van der Waals surface area (Å²) in [6.07, 6.45) is -0.816. The maximum absolute atomic E-state index is 12.5. The van der Waals surface area contributed by atoms with Crippen molar-refractivity contribution in [3.8, 4) is 0 Å². The van der Waals surface area contributed by atoms with Crippen LogP contribution in [0.3, 0.4) is 0 Å². The third-order valence-corrected chi connectivity index (χ3v) is 3.91. The van der Waals surface area contributed by atoms with Crippen LogP contribution in [0.25, 0.3) is 10.9 Å². The highest BCUT2D eigenvalue weighted by atomic mass is 16.5. The van der Waals surface area contributed by atoms with Gasteiger partial charge in [-0.15, -0.1) is 0 Å². The van der Waals surface area contributed by atoms with E-state index in [2.05, 4.69) is 10.3 Å². The van der Waals surface area contributed by atoms with E-state index in [0.717, 1.165) is 16.7 Å². The van der Waals surface area contributed by atoms with Crippen LogP contribution < -0.4 is 5.56 Å². The Labute approximate surface area is 133 Å². The zero-order valence-electron chi connectivity index (χ0n) is 13.6. The predicted molar refractivity (Wildman–Crippen MR) is 86.4 cm³/mol. The zero-order valence-corrected chi connectivity index (χ0v) is 13.6. The second-order valence-electron chi connectivity index (χ2n) is 5.97. The van der Waals surface area contributed by atoms with Gasteiger partial charge in [0.25, 0.3) is 5.56 Å². The Bertz CT molecular complexity index is 920. The van der Waals surface area contributed by atoms with Gasteiger partial charge in [-0.3, -0.25) is 4.79 Å². The van der Waals surface area contributed by atoms with Crippen molar-refractivity contribution in [3.05, 3.63) is 56.7 Å². The molecule has 23 heavy (non-hydrogen) atoms. The van der Waals surface area contributed by atoms with Crippen LogP contribution in [0.15, 0.2) is 27.5 Å². The number of aliphatic hydroxyl groups is 1. The standard InChI is InChI=1S/C17H19N3O3/c1-9-5-10(2)7-13(6-9)14(21)8-20-17(22)16-15(11(3)18-20)12(4)23-19-16/h5-7,14,21H,8H2,1-4H3. The van der Waals surface area contributed by atoms with Crippen molar-refractivity contribution in [1.29, 1.82) is 0 Å². The predicted octanol–water partition coefficient (Wildman–Crippen LogP) is 2.35. The Kier molecular flexibility index (Phi) is 3.77. The first-order valence-corrected chi connectivity index (χ1v) is 7.47. The number of rotatable bonds is 3. The molecule has 0 amide bonds. The number of aryl methyl sites for hydroxylation is 4. The van der Waals surface area contributed by atoms with Gasteiger partial charge in [0, 0.05) is 0 Å². The highest BCUT2D eigenvalue weighted by Gasteiger charge is 2.17. The summed E-state index contributed by atoms with van der Waals surface area (Å²) in [6, 6.07) is 5.86. The molecule has 0 aliphatic carbocycles. The van der Waals surface area contributed by atoms with Crippen LogP contribution >= 0.6 is 0 Å². The fraction of sp³-hybridized carbons (Fsp3) is 0.353. The van der Waals surface area contributed by atoms with Gasteiger partial charge in [-0.1, -0.05) is 34.5 Å². The normalized spacial score (nSPS) is 12.7. The van der Waals surface area contributed by atoms with Crippen LogP contribution in [0.4, 0.5) is 0 Å². The summed E-state index contributed by atoms with van der Waals surface area (Å²) in [5.74, 6) is 0.573. The molecule has 120 valence electrons. The highest BCUT2D eigenvalue weighted by Crippen LogP contribution is 2.20. The molecule has 0 spiro atoms. The molecule has 2 aromatic heterocycles. The molecular formula is C17H19N3O3. The summed E-state index contributed by atoms with van der Waals surface area (Å²) in [5.41, 5.74) is 3.46. The molecule has 3 aromatic rings. The van der Waals surface area contributed by atoms with E-state index in [0.29, 0.717) is 16.8 Å². The lowest BCUT2D eigenvalue weighted by molar-refractivity contribution is 0.149. The maximum Gasteiger partial charge on any atom is 0.296 e. The van der Waals surface area contributed by atoms with Gasteiger partial charge in [-0.25, -0.2) is 4.68 Å². The number of nitrogens with zero attached hydrogens (tertiary/aromatic N) is 3. The minimum absolute atomic E-state index is 0.0738. The molecule has 0 bridgehead atoms. The van der Waals surface area contributed by atoms with Crippen LogP contribution in [0.2, 0.25) is 0 Å². The summed E-state index contributed by atoms with van der Waals surface area (Å²) in [4.78, 5) is 12.5. The highest BCUT2D eigenvalue weighted by molar-refractivity contribution is 5.81. The molecule has 6 heteroatoms. The molecule has 1 unspecified atom stereocenters. The largest absolute Gasteiger partial charge is 0.386 e. The Hall–Kier alpha value is -2.47. The summed E-state index contributed by atoms with van der Waals surface area (Å²) in [5, 5.41) is 19.2. The van der Waals surface area contributed by atoms with Crippen molar-refractivity contribution in [2.24, 2.45) is 0 Å². The topological polar surface area (TPSA) is 81.2 Å². The van der Waals surface area contributed by atoms with Crippen LogP contribution in [-0.2, 0) is 6.54 Å². The van der Waals surface area contributed by atoms with Crippen LogP contribution in [0, 0.1) is 27.7 Å². The molecule has 0 aliphatic heterocycles. The second kappa shape index (κ2) is 5.62. The molecule has 0 saturated carbocycles. The van der Waals surface area contributed by atoms with Gasteiger partial charge < -0.3 is 9.63 Å². The van der Waals surface area contributed by atoms with Crippen molar-refractivity contribution in [3.63, 3.8) is 0 Å². The molecule has 0 radical (unpaired) electrons. The molecule has 6 nitrogen and oxygen atoms in total. The third-order valence-electron chi connectivity index (χ3n) is 3.91. The molecule has 1 aromatic carbocycles. The summed E-state index contributed by atoms with van der Waals surface area (Å²) < 4.78 is 6.34. The molecule has 1 N–H and O–H groups in total. The van der Waals surface area contributed by atoms with Crippen molar-refractivity contribution in [2.75, 3.05) is 0 Å². The van der Waals surface area contributed by atoms with E-state index in [1.165, 1.54) is 4.68 Å². The van der Waals surface area contributed by atoms with Gasteiger partial charge in [-0.2, -0.15) is 5.10 Å². The lowest BCUT2D eigenvalue weighted by Crippen LogP contribution is -2.27. The number of benzene rings is 1. The Morgan fingerprint density at radius 3 is 2.48 bits per heavy atom. The molecule has 0 aliphatic rings. The maximum atomic E-state index is 12.5. The zero-order chi connectivity index (χ0) is 16.7. The smallest absolute Gasteiger partial charge is 0.296 e. The van der Waals surface area contributed by atoms with Gasteiger partial charge >= 0.3 is 0 Å². The average molecular weight is 313 g/mol. The van der Waals surface area contributed by atoms with E-state index in [-0.39, 0.29) is 17.6 Å². The van der Waals surface area contributed by atoms with Crippen LogP contribution in [0.5, 0.6) is 0 Å². The fourth-order valence-electron chi connectivity index (χ4n) is 2.94. The summed E-state index contributed by atoms with van der Waals surface area (Å²) in [7, 11) is 0. The van der Waals surface area contributed by atoms with E-state index >= 15 is 0 Å². The SMILES string of the molecule is Cc1cc(C)cc(C(O)Cn2nc(C)c3c(C)onc3c2=O)c1. The summed E-state index contributed by atoms with van der Waals surface area (Å²) in [6.45, 7) is 7.57. The molecular weight excluding hydrogens is 294 g/mol. The van der Waals surface area contributed by atoms with E-state index in [1.807, 2.05) is 32.0 Å². The Morgan fingerprint density at radius 2 is 1.83 bits per heavy atom. The van der Waals surface area contributed by atoms with Gasteiger partial charge in [-0.05, 0) is 33.3 Å². The number of aromatic nitrogens is 3. The molecule has 0 fully saturated rings. The van der Waals surface area contributed by atoms with Gasteiger partial charge in [0.2, 0.25) is 0 Å². The summed E-state index contributed by atoms with van der Waals surface area (Å²) >= 11 is 0.